The van der Waals surface area contributed by atoms with Crippen molar-refractivity contribution in [1.29, 1.82) is 0 Å². The van der Waals surface area contributed by atoms with E-state index in [2.05, 4.69) is 128 Å². The molecule has 1 aliphatic rings. The fourth-order valence-corrected chi connectivity index (χ4v) is 10.2. The highest BCUT2D eigenvalue weighted by molar-refractivity contribution is 5.86. The minimum absolute atomic E-state index is 0.0365. The van der Waals surface area contributed by atoms with Gasteiger partial charge in [-0.2, -0.15) is 0 Å². The van der Waals surface area contributed by atoms with Gasteiger partial charge in [-0.15, -0.1) is 0 Å². The molecule has 2 N–H and O–H groups in total. The molecular weight excluding hydrogens is 1110 g/mol. The number of carboxylic acid groups (broad SMARTS) is 1. The van der Waals surface area contributed by atoms with Gasteiger partial charge in [-0.3, -0.25) is 4.79 Å². The first-order chi connectivity index (χ1) is 42.6. The van der Waals surface area contributed by atoms with Crippen molar-refractivity contribution in [3.05, 3.63) is 249 Å². The molecule has 0 radical (unpaired) electrons. The lowest BCUT2D eigenvalue weighted by atomic mass is 9.83. The lowest BCUT2D eigenvalue weighted by molar-refractivity contribution is -0.131. The minimum Gasteiger partial charge on any atom is -0.493 e. The van der Waals surface area contributed by atoms with Crippen molar-refractivity contribution >= 4 is 24.4 Å². The monoisotopic (exact) mass is 1200 g/mol. The van der Waals surface area contributed by atoms with E-state index in [9.17, 15) is 9.59 Å². The van der Waals surface area contributed by atoms with Gasteiger partial charge in [0.05, 0.1) is 34.5 Å². The molecule has 0 bridgehead atoms. The lowest BCUT2D eigenvalue weighted by Crippen LogP contribution is -2.28. The van der Waals surface area contributed by atoms with Gasteiger partial charge in [-0.25, -0.2) is 4.79 Å². The van der Waals surface area contributed by atoms with Gasteiger partial charge < -0.3 is 48.3 Å². The van der Waals surface area contributed by atoms with E-state index < -0.39 is 5.97 Å². The van der Waals surface area contributed by atoms with Crippen LogP contribution in [0.2, 0.25) is 0 Å². The van der Waals surface area contributed by atoms with Crippen LogP contribution in [0.3, 0.4) is 0 Å². The Morgan fingerprint density at radius 1 is 0.449 bits per heavy atom. The standard InChI is InChI=1S/C37H41NO4.C21H24O4.C19H22O3/c1-37(2,3)31-23-34(40-5)36(42-25-27-14-10-7-11-15-27)21-29(31)16-17-32-30-22-33(39-4)35(20-28(30)18-19-38-32)41-24-26-12-8-6-9-13-26;1-21(2,3)17-13-18(24-4)19(12-16(17)10-11-20(22)23)25-14-15-8-6-5-7-9-15;1-19(2,3)16-11-17(21-4)18(10-15(16)12-20)22-13-14-8-6-5-7-9-14/h6-17,20-23,32,38H,18-19,24-25H2,1-5H3;5-13H,14H2,1-4H3,(H,22,23);5-12H,13H2,1-4H3/b17-16+;11-10+;. The van der Waals surface area contributed by atoms with Crippen LogP contribution >= 0.6 is 0 Å². The molecule has 12 nitrogen and oxygen atoms in total. The zero-order chi connectivity index (χ0) is 64.1. The molecule has 1 unspecified atom stereocenters. The maximum Gasteiger partial charge on any atom is 0.328 e. The highest BCUT2D eigenvalue weighted by Crippen LogP contribution is 2.42. The summed E-state index contributed by atoms with van der Waals surface area (Å²) in [5.41, 5.74) is 12.1. The number of nitrogens with one attached hydrogen (secondary N) is 1. The summed E-state index contributed by atoms with van der Waals surface area (Å²) in [6.07, 6.45) is 8.97. The number of hydrogen-bond donors (Lipinski definition) is 2. The molecule has 0 fully saturated rings. The smallest absolute Gasteiger partial charge is 0.328 e. The van der Waals surface area contributed by atoms with Crippen LogP contribution in [0, 0.1) is 0 Å². The van der Waals surface area contributed by atoms with Gasteiger partial charge in [-0.05, 0) is 138 Å². The predicted molar refractivity (Wildman–Crippen MR) is 357 cm³/mol. The van der Waals surface area contributed by atoms with Crippen LogP contribution in [0.4, 0.5) is 0 Å². The van der Waals surface area contributed by atoms with E-state index in [1.807, 2.05) is 115 Å². The molecule has 466 valence electrons. The second-order valence-corrected chi connectivity index (χ2v) is 24.7. The topological polar surface area (TPSA) is 140 Å². The Hall–Kier alpha value is -9.26. The summed E-state index contributed by atoms with van der Waals surface area (Å²) in [5, 5.41) is 12.6. The second-order valence-electron chi connectivity index (χ2n) is 24.7. The molecule has 0 amide bonds. The zero-order valence-corrected chi connectivity index (χ0v) is 53.9. The number of fused-ring (bicyclic) bond motifs is 1. The van der Waals surface area contributed by atoms with Crippen molar-refractivity contribution < 1.29 is 52.6 Å². The van der Waals surface area contributed by atoms with Crippen molar-refractivity contribution in [1.82, 2.24) is 5.32 Å². The molecule has 0 saturated carbocycles. The van der Waals surface area contributed by atoms with Gasteiger partial charge in [-0.1, -0.05) is 196 Å². The van der Waals surface area contributed by atoms with Gasteiger partial charge in [0.15, 0.2) is 46.0 Å². The third-order valence-electron chi connectivity index (χ3n) is 14.9. The molecule has 0 saturated heterocycles. The van der Waals surface area contributed by atoms with Crippen molar-refractivity contribution in [2.24, 2.45) is 0 Å². The molecule has 9 rings (SSSR count). The van der Waals surface area contributed by atoms with Crippen LogP contribution in [-0.2, 0) is 53.9 Å². The Bertz CT molecular complexity index is 3630. The largest absolute Gasteiger partial charge is 0.493 e. The molecule has 0 spiro atoms. The molecule has 1 heterocycles. The second kappa shape index (κ2) is 31.6. The summed E-state index contributed by atoms with van der Waals surface area (Å²) >= 11 is 0. The van der Waals surface area contributed by atoms with Crippen molar-refractivity contribution in [3.63, 3.8) is 0 Å². The summed E-state index contributed by atoms with van der Waals surface area (Å²) in [4.78, 5) is 22.3. The van der Waals surface area contributed by atoms with Crippen LogP contribution < -0.4 is 43.2 Å². The number of aliphatic carboxylic acids is 1. The number of ether oxygens (including phenoxy) is 8. The Morgan fingerprint density at radius 2 is 0.775 bits per heavy atom. The lowest BCUT2D eigenvalue weighted by Gasteiger charge is -2.27. The molecular formula is C77H87NO11. The third-order valence-corrected chi connectivity index (χ3v) is 14.9. The minimum atomic E-state index is -0.984. The maximum atomic E-state index is 11.4. The Balaban J connectivity index is 0.000000205. The molecule has 1 atom stereocenters. The maximum absolute atomic E-state index is 11.4. The summed E-state index contributed by atoms with van der Waals surface area (Å²) in [6, 6.07) is 56.0. The van der Waals surface area contributed by atoms with Crippen LogP contribution in [0.15, 0.2) is 182 Å². The molecule has 12 heteroatoms. The van der Waals surface area contributed by atoms with Crippen LogP contribution in [0.25, 0.3) is 12.2 Å². The molecule has 8 aromatic carbocycles. The van der Waals surface area contributed by atoms with Crippen molar-refractivity contribution in [2.45, 2.75) is 117 Å². The quantitative estimate of drug-likeness (QED) is 0.0523. The molecule has 89 heavy (non-hydrogen) atoms. The van der Waals surface area contributed by atoms with E-state index in [4.69, 9.17) is 43.0 Å². The first-order valence-electron chi connectivity index (χ1n) is 29.9. The van der Waals surface area contributed by atoms with Gasteiger partial charge in [0.25, 0.3) is 0 Å². The highest BCUT2D eigenvalue weighted by atomic mass is 16.5. The number of aldehydes is 1. The van der Waals surface area contributed by atoms with E-state index in [1.54, 1.807) is 40.6 Å². The predicted octanol–water partition coefficient (Wildman–Crippen LogP) is 17.1. The van der Waals surface area contributed by atoms with Crippen molar-refractivity contribution in [2.75, 3.05) is 35.0 Å². The Morgan fingerprint density at radius 3 is 1.11 bits per heavy atom. The average Bonchev–Trinajstić information content (AvgIpc) is 3.62. The Labute approximate surface area is 527 Å². The van der Waals surface area contributed by atoms with Crippen LogP contribution in [-0.4, -0.2) is 52.3 Å². The highest BCUT2D eigenvalue weighted by Gasteiger charge is 2.26. The zero-order valence-electron chi connectivity index (χ0n) is 53.9. The third kappa shape index (κ3) is 19.4. The van der Waals surface area contributed by atoms with Gasteiger partial charge in [0.2, 0.25) is 0 Å². The number of hydrogen-bond acceptors (Lipinski definition) is 11. The summed E-state index contributed by atoms with van der Waals surface area (Å²) in [5.74, 6) is 4.45. The van der Waals surface area contributed by atoms with E-state index in [-0.39, 0.29) is 22.3 Å². The van der Waals surface area contributed by atoms with Crippen LogP contribution in [0.1, 0.15) is 140 Å². The molecule has 8 aromatic rings. The van der Waals surface area contributed by atoms with Gasteiger partial charge in [0, 0.05) is 18.2 Å². The number of benzene rings is 8. The van der Waals surface area contributed by atoms with E-state index in [0.717, 1.165) is 92.8 Å². The molecule has 1 aliphatic heterocycles. The SMILES string of the molecule is COc1cc(C(C)(C)C)c(/C=C/C(=O)O)cc1OCc1ccccc1.COc1cc(C(C)(C)C)c(/C=C/C2NCCc3cc(OCc4ccccc4)c(OC)cc32)cc1OCc1ccccc1.COc1cc(C(C)(C)C)c(C=O)cc1OCc1ccccc1. The average molecular weight is 1200 g/mol. The summed E-state index contributed by atoms with van der Waals surface area (Å²) in [6.45, 7) is 21.8. The first kappa shape index (κ1) is 67.3. The van der Waals surface area contributed by atoms with E-state index in [1.165, 1.54) is 16.7 Å². The fraction of sp³-hybridized carbons (Fsp3) is 0.299. The van der Waals surface area contributed by atoms with Crippen LogP contribution in [0.5, 0.6) is 46.0 Å². The number of carboxylic acids is 1. The number of carbonyl (C=O) groups is 2. The summed E-state index contributed by atoms with van der Waals surface area (Å²) in [7, 11) is 6.60. The number of rotatable bonds is 21. The van der Waals surface area contributed by atoms with Gasteiger partial charge in [0.1, 0.15) is 32.7 Å². The van der Waals surface area contributed by atoms with Crippen molar-refractivity contribution in [3.8, 4) is 46.0 Å². The number of methoxy groups -OCH3 is 4. The van der Waals surface area contributed by atoms with Gasteiger partial charge >= 0.3 is 5.97 Å². The normalized spacial score (nSPS) is 13.0. The van der Waals surface area contributed by atoms with E-state index in [0.29, 0.717) is 55.0 Å². The first-order valence-corrected chi connectivity index (χ1v) is 29.9. The Kier molecular flexibility index (Phi) is 23.9. The molecule has 0 aliphatic carbocycles. The van der Waals surface area contributed by atoms with E-state index >= 15 is 0 Å². The fourth-order valence-electron chi connectivity index (χ4n) is 10.2. The number of carbonyl (C=O) groups excluding carboxylic acids is 1. The summed E-state index contributed by atoms with van der Waals surface area (Å²) < 4.78 is 46.7. The molecule has 0 aromatic heterocycles.